The normalized spacial score (nSPS) is 44.7. The van der Waals surface area contributed by atoms with E-state index in [1.165, 1.54) is 34.6 Å². The molecular weight excluding hydrogens is 712 g/mol. The summed E-state index contributed by atoms with van der Waals surface area (Å²) < 4.78 is 55.0. The Kier molecular flexibility index (Phi) is 10.0. The van der Waals surface area contributed by atoms with Gasteiger partial charge < -0.3 is 42.6 Å². The fourth-order valence-electron chi connectivity index (χ4n) is 12.5. The van der Waals surface area contributed by atoms with E-state index in [2.05, 4.69) is 0 Å². The van der Waals surface area contributed by atoms with Gasteiger partial charge in [-0.1, -0.05) is 13.8 Å². The molecule has 0 aromatic carbocycles. The molecule has 0 radical (unpaired) electrons. The first-order valence-corrected chi connectivity index (χ1v) is 18.6. The molecule has 6 fully saturated rings. The number of carbonyl (C=O) groups excluding carboxylic acids is 7. The predicted molar refractivity (Wildman–Crippen MR) is 180 cm³/mol. The van der Waals surface area contributed by atoms with Crippen molar-refractivity contribution in [2.45, 2.75) is 129 Å². The highest BCUT2D eigenvalue weighted by Gasteiger charge is 2.88. The molecule has 0 bridgehead atoms. The fourth-order valence-corrected chi connectivity index (χ4v) is 12.5. The maximum absolute atomic E-state index is 14.1. The van der Waals surface area contributed by atoms with Gasteiger partial charge in [0, 0.05) is 64.9 Å². The first-order chi connectivity index (χ1) is 25.2. The minimum atomic E-state index is -1.92. The van der Waals surface area contributed by atoms with Gasteiger partial charge in [0.15, 0.2) is 18.0 Å². The van der Waals surface area contributed by atoms with Crippen molar-refractivity contribution in [2.75, 3.05) is 26.9 Å². The van der Waals surface area contributed by atoms with Crippen LogP contribution < -0.4 is 0 Å². The lowest BCUT2D eigenvalue weighted by molar-refractivity contribution is -0.342. The molecule has 6 aliphatic rings. The number of ketones is 1. The van der Waals surface area contributed by atoms with Gasteiger partial charge in [0.25, 0.3) is 0 Å². The molecular formula is C38H52O16. The fraction of sp³-hybridized carbons (Fsp3) is 0.816. The summed E-state index contributed by atoms with van der Waals surface area (Å²) in [6.07, 6.45) is -6.99. The molecule has 300 valence electrons. The van der Waals surface area contributed by atoms with E-state index in [-0.39, 0.29) is 26.2 Å². The van der Waals surface area contributed by atoms with Crippen molar-refractivity contribution in [2.24, 2.45) is 39.9 Å². The molecule has 2 heterocycles. The lowest BCUT2D eigenvalue weighted by atomic mass is 9.34. The second-order valence-electron chi connectivity index (χ2n) is 16.4. The summed E-state index contributed by atoms with van der Waals surface area (Å²) >= 11 is 0. The lowest BCUT2D eigenvalue weighted by Gasteiger charge is -2.73. The van der Waals surface area contributed by atoms with Crippen LogP contribution in [-0.4, -0.2) is 116 Å². The first kappa shape index (κ1) is 40.0. The number of epoxide rings is 1. The van der Waals surface area contributed by atoms with Gasteiger partial charge in [0.1, 0.15) is 24.4 Å². The van der Waals surface area contributed by atoms with Gasteiger partial charge in [-0.2, -0.15) is 0 Å². The van der Waals surface area contributed by atoms with Gasteiger partial charge in [-0.05, 0) is 38.0 Å². The third-order valence-corrected chi connectivity index (χ3v) is 13.8. The molecule has 6 rings (SSSR count). The Morgan fingerprint density at radius 2 is 1.39 bits per heavy atom. The molecule has 15 atom stereocenters. The minimum Gasteiger partial charge on any atom is -0.467 e. The zero-order chi connectivity index (χ0) is 39.9. The van der Waals surface area contributed by atoms with Crippen LogP contribution in [0.4, 0.5) is 0 Å². The quantitative estimate of drug-likeness (QED) is 0.187. The maximum atomic E-state index is 14.1. The first-order valence-electron chi connectivity index (χ1n) is 18.6. The molecule has 54 heavy (non-hydrogen) atoms. The van der Waals surface area contributed by atoms with Crippen LogP contribution in [-0.2, 0) is 76.2 Å². The molecule has 0 amide bonds. The molecule has 4 aliphatic carbocycles. The zero-order valence-corrected chi connectivity index (χ0v) is 32.5. The van der Waals surface area contributed by atoms with E-state index in [0.717, 1.165) is 7.11 Å². The van der Waals surface area contributed by atoms with Crippen LogP contribution in [0.5, 0.6) is 0 Å². The number of Topliss-reactive ketones (excluding diaryl/α,β-unsaturated/α-hetero) is 1. The Bertz CT molecular complexity index is 1630. The number of carbonyl (C=O) groups is 7. The Balaban J connectivity index is 1.68. The number of hydrogen-bond donors (Lipinski definition) is 0. The number of methoxy groups -OCH3 is 1. The minimum absolute atomic E-state index is 0.00639. The Labute approximate surface area is 313 Å². The molecule has 0 N–H and O–H groups in total. The van der Waals surface area contributed by atoms with E-state index in [0.29, 0.717) is 12.8 Å². The lowest BCUT2D eigenvalue weighted by Crippen LogP contribution is -2.81. The monoisotopic (exact) mass is 764 g/mol. The third-order valence-electron chi connectivity index (χ3n) is 13.8. The van der Waals surface area contributed by atoms with E-state index in [1.807, 2.05) is 13.8 Å². The number of esters is 6. The molecule has 0 spiro atoms. The van der Waals surface area contributed by atoms with Gasteiger partial charge in [-0.3, -0.25) is 28.8 Å². The second-order valence-corrected chi connectivity index (χ2v) is 16.4. The van der Waals surface area contributed by atoms with Crippen LogP contribution in [0.1, 0.15) is 81.6 Å². The van der Waals surface area contributed by atoms with Crippen molar-refractivity contribution in [3.63, 3.8) is 0 Å². The van der Waals surface area contributed by atoms with Crippen LogP contribution in [0, 0.1) is 39.9 Å². The summed E-state index contributed by atoms with van der Waals surface area (Å²) in [5, 5.41) is 0. The number of fused-ring (bicyclic) bond motifs is 9. The SMILES string of the molecule is CCOC12CC(=O)[C@H]3O[C@@]3(C(=O)OC)C1[C@@H](OC(C)=O)C(OC(C)=O)C1(C)C2CCC2(C)C1[C@H](OC(C)=O)[C@H](OC(C)=O)[C@@]1(C(C)OC(C)=O)COC[C@@H]21. The largest absolute Gasteiger partial charge is 0.467 e. The van der Waals surface area contributed by atoms with Crippen molar-refractivity contribution in [3.8, 4) is 0 Å². The van der Waals surface area contributed by atoms with Crippen molar-refractivity contribution in [1.82, 2.24) is 0 Å². The molecule has 0 aromatic rings. The highest BCUT2D eigenvalue weighted by atomic mass is 16.7. The average molecular weight is 765 g/mol. The van der Waals surface area contributed by atoms with Crippen LogP contribution in [0.15, 0.2) is 0 Å². The van der Waals surface area contributed by atoms with E-state index >= 15 is 0 Å². The number of rotatable bonds is 9. The summed E-state index contributed by atoms with van der Waals surface area (Å²) in [4.78, 5) is 93.1. The summed E-state index contributed by atoms with van der Waals surface area (Å²) in [5.74, 6) is -8.10. The van der Waals surface area contributed by atoms with E-state index in [9.17, 15) is 33.6 Å². The van der Waals surface area contributed by atoms with Crippen LogP contribution in [0.3, 0.4) is 0 Å². The van der Waals surface area contributed by atoms with Crippen molar-refractivity contribution in [3.05, 3.63) is 0 Å². The Hall–Kier alpha value is -3.63. The van der Waals surface area contributed by atoms with Crippen LogP contribution in [0.2, 0.25) is 0 Å². The highest BCUT2D eigenvalue weighted by Crippen LogP contribution is 2.76. The molecule has 16 heteroatoms. The van der Waals surface area contributed by atoms with Gasteiger partial charge in [0.2, 0.25) is 5.60 Å². The molecule has 4 saturated carbocycles. The molecule has 16 nitrogen and oxygen atoms in total. The van der Waals surface area contributed by atoms with Gasteiger partial charge in [0.05, 0.1) is 37.3 Å². The highest BCUT2D eigenvalue weighted by molar-refractivity contribution is 6.00. The molecule has 2 aliphatic heterocycles. The molecule has 8 unspecified atom stereocenters. The third kappa shape index (κ3) is 5.43. The zero-order valence-electron chi connectivity index (χ0n) is 32.5. The van der Waals surface area contributed by atoms with E-state index in [4.69, 9.17) is 42.6 Å². The van der Waals surface area contributed by atoms with Crippen molar-refractivity contribution < 1.29 is 76.2 Å². The van der Waals surface area contributed by atoms with Crippen molar-refractivity contribution >= 4 is 41.6 Å². The predicted octanol–water partition coefficient (Wildman–Crippen LogP) is 2.04. The average Bonchev–Trinajstić information content (AvgIpc) is 3.65. The molecule has 0 aromatic heterocycles. The van der Waals surface area contributed by atoms with E-state index < -0.39 is 129 Å². The standard InChI is InChI=1S/C38H52O16/c1-11-48-37-14-23(44)30-38(54-30,33(45)46-10)29(37)27(51-20(5)41)31(52-21(6)42)35(9)24(37)12-13-34(8)25-15-47-16-36(25,17(2)49-18(3)39)32(53-22(7)43)26(28(34)35)50-19(4)40/h17,24-32H,11-16H2,1-10H3/t17?,24?,25-,26-,27+,28?,29?,30+,31?,32-,34?,35?,36+,37?,38-/m0/s1. The van der Waals surface area contributed by atoms with Gasteiger partial charge in [-0.25, -0.2) is 4.79 Å². The number of ether oxygens (including phenoxy) is 9. The van der Waals surface area contributed by atoms with Crippen LogP contribution in [0.25, 0.3) is 0 Å². The summed E-state index contributed by atoms with van der Waals surface area (Å²) in [5.41, 5.74) is -7.03. The summed E-state index contributed by atoms with van der Waals surface area (Å²) in [6.45, 7) is 13.6. The van der Waals surface area contributed by atoms with Crippen LogP contribution >= 0.6 is 0 Å². The van der Waals surface area contributed by atoms with Gasteiger partial charge in [-0.15, -0.1) is 0 Å². The maximum Gasteiger partial charge on any atom is 0.341 e. The second kappa shape index (κ2) is 13.5. The summed E-state index contributed by atoms with van der Waals surface area (Å²) in [7, 11) is 1.16. The smallest absolute Gasteiger partial charge is 0.341 e. The Morgan fingerprint density at radius 3 is 1.93 bits per heavy atom. The van der Waals surface area contributed by atoms with Crippen molar-refractivity contribution in [1.29, 1.82) is 0 Å². The molecule has 2 saturated heterocycles. The van der Waals surface area contributed by atoms with Gasteiger partial charge >= 0.3 is 35.8 Å². The summed E-state index contributed by atoms with van der Waals surface area (Å²) in [6, 6.07) is 0. The number of hydrogen-bond acceptors (Lipinski definition) is 16. The topological polar surface area (TPSA) is 206 Å². The van der Waals surface area contributed by atoms with E-state index in [1.54, 1.807) is 13.8 Å². The Morgan fingerprint density at radius 1 is 0.815 bits per heavy atom.